The molecule has 1 N–H and O–H groups in total. The van der Waals surface area contributed by atoms with Crippen LogP contribution in [-0.2, 0) is 18.9 Å². The SMILES string of the molecule is CN(C)CCn1cc(NC(=O)c2cc(C(F)(F)F)cc(C(F)(F)F)c2)cn1. The fourth-order valence-electron chi connectivity index (χ4n) is 2.14. The number of hydrogen-bond donors (Lipinski definition) is 1. The predicted molar refractivity (Wildman–Crippen MR) is 85.2 cm³/mol. The van der Waals surface area contributed by atoms with Crippen LogP contribution >= 0.6 is 0 Å². The van der Waals surface area contributed by atoms with Crippen molar-refractivity contribution < 1.29 is 31.1 Å². The Morgan fingerprint density at radius 1 is 1.07 bits per heavy atom. The van der Waals surface area contributed by atoms with Crippen molar-refractivity contribution in [3.8, 4) is 0 Å². The molecule has 0 bridgehead atoms. The summed E-state index contributed by atoms with van der Waals surface area (Å²) < 4.78 is 78.7. The molecule has 1 aromatic carbocycles. The Bertz CT molecular complexity index is 778. The highest BCUT2D eigenvalue weighted by molar-refractivity contribution is 6.04. The average molecular weight is 394 g/mol. The number of nitrogens with one attached hydrogen (secondary N) is 1. The van der Waals surface area contributed by atoms with E-state index in [2.05, 4.69) is 10.4 Å². The molecule has 2 rings (SSSR count). The molecule has 11 heteroatoms. The second kappa shape index (κ2) is 7.59. The molecule has 0 fully saturated rings. The van der Waals surface area contributed by atoms with E-state index in [-0.39, 0.29) is 11.8 Å². The number of hydrogen-bond acceptors (Lipinski definition) is 3. The minimum absolute atomic E-state index is 0.0317. The van der Waals surface area contributed by atoms with Crippen LogP contribution in [0.1, 0.15) is 21.5 Å². The standard InChI is InChI=1S/C16H16F6N4O/c1-25(2)3-4-26-9-13(8-23-26)24-14(27)10-5-11(15(17,18)19)7-12(6-10)16(20,21)22/h5-9H,3-4H2,1-2H3,(H,24,27). The number of carbonyl (C=O) groups excluding carboxylic acids is 1. The highest BCUT2D eigenvalue weighted by atomic mass is 19.4. The lowest BCUT2D eigenvalue weighted by Gasteiger charge is -2.14. The monoisotopic (exact) mass is 394 g/mol. The molecule has 27 heavy (non-hydrogen) atoms. The molecule has 0 aliphatic rings. The van der Waals surface area contributed by atoms with Crippen LogP contribution in [0.5, 0.6) is 0 Å². The second-order valence-electron chi connectivity index (χ2n) is 6.04. The number of rotatable bonds is 5. The van der Waals surface area contributed by atoms with Gasteiger partial charge in [-0.15, -0.1) is 0 Å². The number of aromatic nitrogens is 2. The second-order valence-corrected chi connectivity index (χ2v) is 6.04. The molecule has 0 saturated carbocycles. The quantitative estimate of drug-likeness (QED) is 0.787. The number of anilines is 1. The Balaban J connectivity index is 2.25. The molecule has 148 valence electrons. The summed E-state index contributed by atoms with van der Waals surface area (Å²) in [6.45, 7) is 1.14. The Labute approximate surface area is 150 Å². The topological polar surface area (TPSA) is 50.2 Å². The Hall–Kier alpha value is -2.56. The molecule has 5 nitrogen and oxygen atoms in total. The zero-order valence-corrected chi connectivity index (χ0v) is 14.3. The minimum atomic E-state index is -5.02. The van der Waals surface area contributed by atoms with Gasteiger partial charge in [-0.2, -0.15) is 31.4 Å². The first-order chi connectivity index (χ1) is 12.4. The van der Waals surface area contributed by atoms with E-state index in [0.29, 0.717) is 25.2 Å². The van der Waals surface area contributed by atoms with Crippen molar-refractivity contribution in [1.29, 1.82) is 0 Å². The molecule has 0 atom stereocenters. The maximum Gasteiger partial charge on any atom is 0.416 e. The summed E-state index contributed by atoms with van der Waals surface area (Å²) in [7, 11) is 3.69. The fourth-order valence-corrected chi connectivity index (χ4v) is 2.14. The van der Waals surface area contributed by atoms with E-state index in [1.54, 1.807) is 0 Å². The van der Waals surface area contributed by atoms with E-state index < -0.39 is 35.0 Å². The van der Waals surface area contributed by atoms with Gasteiger partial charge in [-0.25, -0.2) is 0 Å². The van der Waals surface area contributed by atoms with Gasteiger partial charge in [-0.1, -0.05) is 0 Å². The van der Waals surface area contributed by atoms with E-state index in [0.717, 1.165) is 0 Å². The average Bonchev–Trinajstić information content (AvgIpc) is 2.98. The molecule has 1 aromatic heterocycles. The van der Waals surface area contributed by atoms with Crippen LogP contribution < -0.4 is 5.32 Å². The Morgan fingerprint density at radius 2 is 1.63 bits per heavy atom. The van der Waals surface area contributed by atoms with E-state index in [9.17, 15) is 31.1 Å². The van der Waals surface area contributed by atoms with Crippen LogP contribution in [0.15, 0.2) is 30.6 Å². The first-order valence-corrected chi connectivity index (χ1v) is 7.64. The van der Waals surface area contributed by atoms with E-state index in [4.69, 9.17) is 0 Å². The van der Waals surface area contributed by atoms with E-state index in [1.165, 1.54) is 17.1 Å². The van der Waals surface area contributed by atoms with Crippen LogP contribution in [0.25, 0.3) is 0 Å². The Kier molecular flexibility index (Phi) is 5.83. The van der Waals surface area contributed by atoms with E-state index in [1.807, 2.05) is 19.0 Å². The number of nitrogens with zero attached hydrogens (tertiary/aromatic N) is 3. The zero-order valence-electron chi connectivity index (χ0n) is 14.3. The molecular formula is C16H16F6N4O. The van der Waals surface area contributed by atoms with Gasteiger partial charge in [0, 0.05) is 18.3 Å². The van der Waals surface area contributed by atoms with Crippen molar-refractivity contribution in [3.63, 3.8) is 0 Å². The number of likely N-dealkylation sites (N-methyl/N-ethyl adjacent to an activating group) is 1. The lowest BCUT2D eigenvalue weighted by molar-refractivity contribution is -0.143. The molecule has 0 aliphatic heterocycles. The van der Waals surface area contributed by atoms with Crippen molar-refractivity contribution in [2.75, 3.05) is 26.0 Å². The summed E-state index contributed by atoms with van der Waals surface area (Å²) in [5.74, 6) is -1.10. The van der Waals surface area contributed by atoms with Gasteiger partial charge in [0.2, 0.25) is 0 Å². The molecule has 0 radical (unpaired) electrons. The van der Waals surface area contributed by atoms with Gasteiger partial charge in [-0.3, -0.25) is 9.48 Å². The third-order valence-corrected chi connectivity index (χ3v) is 3.52. The van der Waals surface area contributed by atoms with Gasteiger partial charge < -0.3 is 10.2 Å². The molecule has 0 aliphatic carbocycles. The van der Waals surface area contributed by atoms with Gasteiger partial charge in [0.1, 0.15) is 0 Å². The molecular weight excluding hydrogens is 378 g/mol. The van der Waals surface area contributed by atoms with Gasteiger partial charge in [0.05, 0.1) is 29.6 Å². The third-order valence-electron chi connectivity index (χ3n) is 3.52. The summed E-state index contributed by atoms with van der Waals surface area (Å²) in [5.41, 5.74) is -3.70. The number of alkyl halides is 6. The normalized spacial score (nSPS) is 12.5. The van der Waals surface area contributed by atoms with E-state index >= 15 is 0 Å². The van der Waals surface area contributed by atoms with Crippen molar-refractivity contribution in [2.45, 2.75) is 18.9 Å². The Morgan fingerprint density at radius 3 is 2.11 bits per heavy atom. The summed E-state index contributed by atoms with van der Waals surface area (Å²) >= 11 is 0. The van der Waals surface area contributed by atoms with Crippen molar-refractivity contribution in [3.05, 3.63) is 47.3 Å². The number of halogens is 6. The summed E-state index contributed by atoms with van der Waals surface area (Å²) in [6, 6.07) is 0.720. The maximum absolute atomic E-state index is 12.9. The van der Waals surface area contributed by atoms with Crippen molar-refractivity contribution >= 4 is 11.6 Å². The highest BCUT2D eigenvalue weighted by Crippen LogP contribution is 2.36. The van der Waals surface area contributed by atoms with Crippen LogP contribution in [-0.4, -0.2) is 41.2 Å². The lowest BCUT2D eigenvalue weighted by Crippen LogP contribution is -2.18. The van der Waals surface area contributed by atoms with Gasteiger partial charge in [0.15, 0.2) is 0 Å². The molecule has 1 amide bonds. The van der Waals surface area contributed by atoms with Crippen LogP contribution in [0, 0.1) is 0 Å². The molecule has 0 saturated heterocycles. The van der Waals surface area contributed by atoms with Crippen LogP contribution in [0.2, 0.25) is 0 Å². The summed E-state index contributed by atoms with van der Waals surface area (Å²) in [5, 5.41) is 6.22. The first kappa shape index (κ1) is 20.7. The lowest BCUT2D eigenvalue weighted by atomic mass is 10.0. The highest BCUT2D eigenvalue weighted by Gasteiger charge is 2.37. The molecule has 1 heterocycles. The number of carbonyl (C=O) groups is 1. The minimum Gasteiger partial charge on any atom is -0.319 e. The summed E-state index contributed by atoms with van der Waals surface area (Å²) in [4.78, 5) is 14.0. The fraction of sp³-hybridized carbons (Fsp3) is 0.375. The van der Waals surface area contributed by atoms with Crippen LogP contribution in [0.3, 0.4) is 0 Å². The molecule has 0 unspecified atom stereocenters. The zero-order chi connectivity index (χ0) is 20.4. The number of benzene rings is 1. The van der Waals surface area contributed by atoms with Crippen molar-refractivity contribution in [1.82, 2.24) is 14.7 Å². The van der Waals surface area contributed by atoms with Gasteiger partial charge in [0.25, 0.3) is 5.91 Å². The molecule has 0 spiro atoms. The summed E-state index contributed by atoms with van der Waals surface area (Å²) in [6.07, 6.45) is -7.35. The third kappa shape index (κ3) is 5.71. The number of amides is 1. The molecule has 2 aromatic rings. The smallest absolute Gasteiger partial charge is 0.319 e. The van der Waals surface area contributed by atoms with Gasteiger partial charge in [-0.05, 0) is 32.3 Å². The predicted octanol–water partition coefficient (Wildman–Crippen LogP) is 3.73. The van der Waals surface area contributed by atoms with Gasteiger partial charge >= 0.3 is 12.4 Å². The first-order valence-electron chi connectivity index (χ1n) is 7.64. The largest absolute Gasteiger partial charge is 0.416 e. The maximum atomic E-state index is 12.9. The van der Waals surface area contributed by atoms with Crippen molar-refractivity contribution in [2.24, 2.45) is 0 Å². The van der Waals surface area contributed by atoms with Crippen LogP contribution in [0.4, 0.5) is 32.0 Å².